The van der Waals surface area contributed by atoms with Gasteiger partial charge in [-0.15, -0.1) is 0 Å². The van der Waals surface area contributed by atoms with Crippen molar-refractivity contribution in [2.75, 3.05) is 20.8 Å². The number of carbonyl (C=O) groups excluding carboxylic acids is 2. The van der Waals surface area contributed by atoms with Gasteiger partial charge < -0.3 is 19.7 Å². The Labute approximate surface area is 124 Å². The summed E-state index contributed by atoms with van der Waals surface area (Å²) in [6.07, 6.45) is 0.538. The monoisotopic (exact) mass is 292 g/mol. The van der Waals surface area contributed by atoms with E-state index >= 15 is 0 Å². The normalized spacial score (nSPS) is 15.6. The molecule has 0 saturated heterocycles. The maximum Gasteiger partial charge on any atom is 0.261 e. The van der Waals surface area contributed by atoms with Crippen molar-refractivity contribution in [2.45, 2.75) is 25.9 Å². The summed E-state index contributed by atoms with van der Waals surface area (Å²) < 4.78 is 10.9. The highest BCUT2D eigenvalue weighted by molar-refractivity contribution is 5.88. The lowest BCUT2D eigenvalue weighted by Gasteiger charge is -2.28. The summed E-state index contributed by atoms with van der Waals surface area (Å²) in [5.41, 5.74) is 0.785. The Balaban J connectivity index is 2.39. The van der Waals surface area contributed by atoms with E-state index in [1.54, 1.807) is 25.1 Å². The van der Waals surface area contributed by atoms with Crippen LogP contribution in [0.2, 0.25) is 0 Å². The fraction of sp³-hybridized carbons (Fsp3) is 0.467. The minimum atomic E-state index is -0.512. The maximum absolute atomic E-state index is 12.3. The Bertz CT molecular complexity index is 544. The SMILES string of the molecule is CCC(C(=O)NC)N1Cc2c(OC)cccc2OCC1=O. The standard InChI is InChI=1S/C15H20N2O4/c1-4-11(15(19)16-2)17-8-10-12(20-3)6-5-7-13(10)21-9-14(17)18/h5-7,11H,4,8-9H2,1-3H3,(H,16,19). The summed E-state index contributed by atoms with van der Waals surface area (Å²) >= 11 is 0. The van der Waals surface area contributed by atoms with E-state index in [-0.39, 0.29) is 18.4 Å². The topological polar surface area (TPSA) is 67.9 Å². The Hall–Kier alpha value is -2.24. The van der Waals surface area contributed by atoms with Gasteiger partial charge in [-0.1, -0.05) is 13.0 Å². The summed E-state index contributed by atoms with van der Waals surface area (Å²) in [5, 5.41) is 2.60. The molecule has 0 fully saturated rings. The molecular weight excluding hydrogens is 272 g/mol. The minimum Gasteiger partial charge on any atom is -0.496 e. The van der Waals surface area contributed by atoms with E-state index in [2.05, 4.69) is 5.32 Å². The first-order valence-corrected chi connectivity index (χ1v) is 6.92. The molecule has 21 heavy (non-hydrogen) atoms. The number of ether oxygens (including phenoxy) is 2. The Morgan fingerprint density at radius 3 is 2.90 bits per heavy atom. The first kappa shape index (κ1) is 15.2. The number of methoxy groups -OCH3 is 1. The Morgan fingerprint density at radius 2 is 2.29 bits per heavy atom. The van der Waals surface area contributed by atoms with E-state index in [0.717, 1.165) is 5.56 Å². The van der Waals surface area contributed by atoms with Crippen molar-refractivity contribution >= 4 is 11.8 Å². The van der Waals surface area contributed by atoms with Crippen molar-refractivity contribution in [1.82, 2.24) is 10.2 Å². The number of likely N-dealkylation sites (N-methyl/N-ethyl adjacent to an activating group) is 1. The average Bonchev–Trinajstić information content (AvgIpc) is 2.67. The molecule has 0 spiro atoms. The van der Waals surface area contributed by atoms with E-state index in [1.165, 1.54) is 0 Å². The van der Waals surface area contributed by atoms with Crippen LogP contribution in [0.15, 0.2) is 18.2 Å². The quantitative estimate of drug-likeness (QED) is 0.897. The van der Waals surface area contributed by atoms with Crippen molar-refractivity contribution in [3.63, 3.8) is 0 Å². The van der Waals surface area contributed by atoms with Gasteiger partial charge in [0, 0.05) is 7.05 Å². The van der Waals surface area contributed by atoms with Crippen molar-refractivity contribution in [2.24, 2.45) is 0 Å². The number of rotatable bonds is 4. The molecule has 1 aliphatic rings. The summed E-state index contributed by atoms with van der Waals surface area (Å²) in [6, 6.07) is 4.92. The number of benzene rings is 1. The first-order chi connectivity index (χ1) is 10.1. The lowest BCUT2D eigenvalue weighted by atomic mass is 10.1. The van der Waals surface area contributed by atoms with Crippen LogP contribution in [0.25, 0.3) is 0 Å². The fourth-order valence-electron chi connectivity index (χ4n) is 2.51. The summed E-state index contributed by atoms with van der Waals surface area (Å²) in [6.45, 7) is 2.10. The molecule has 114 valence electrons. The van der Waals surface area contributed by atoms with Crippen LogP contribution >= 0.6 is 0 Å². The molecule has 0 saturated carbocycles. The van der Waals surface area contributed by atoms with Crippen LogP contribution in [0.3, 0.4) is 0 Å². The van der Waals surface area contributed by atoms with Crippen LogP contribution in [0, 0.1) is 0 Å². The predicted octanol–water partition coefficient (Wildman–Crippen LogP) is 0.941. The number of carbonyl (C=O) groups is 2. The van der Waals surface area contributed by atoms with E-state index in [1.807, 2.05) is 19.1 Å². The molecule has 1 aliphatic heterocycles. The molecule has 1 unspecified atom stereocenters. The van der Waals surface area contributed by atoms with Crippen molar-refractivity contribution in [3.8, 4) is 11.5 Å². The van der Waals surface area contributed by atoms with E-state index in [9.17, 15) is 9.59 Å². The number of nitrogens with one attached hydrogen (secondary N) is 1. The molecule has 2 amide bonds. The molecule has 1 atom stereocenters. The van der Waals surface area contributed by atoms with Crippen LogP contribution in [0.5, 0.6) is 11.5 Å². The lowest BCUT2D eigenvalue weighted by molar-refractivity contribution is -0.142. The van der Waals surface area contributed by atoms with Gasteiger partial charge in [-0.2, -0.15) is 0 Å². The van der Waals surface area contributed by atoms with Gasteiger partial charge in [0.25, 0.3) is 5.91 Å². The molecule has 0 aromatic heterocycles. The second-order valence-corrected chi connectivity index (χ2v) is 4.79. The van der Waals surface area contributed by atoms with Crippen LogP contribution in [0.1, 0.15) is 18.9 Å². The fourth-order valence-corrected chi connectivity index (χ4v) is 2.51. The molecule has 2 rings (SSSR count). The number of hydrogen-bond acceptors (Lipinski definition) is 4. The second kappa shape index (κ2) is 6.47. The van der Waals surface area contributed by atoms with Gasteiger partial charge >= 0.3 is 0 Å². The second-order valence-electron chi connectivity index (χ2n) is 4.79. The zero-order chi connectivity index (χ0) is 15.4. The van der Waals surface area contributed by atoms with Gasteiger partial charge in [0.05, 0.1) is 19.2 Å². The molecule has 6 heteroatoms. The van der Waals surface area contributed by atoms with Gasteiger partial charge in [-0.3, -0.25) is 9.59 Å². The molecule has 6 nitrogen and oxygen atoms in total. The Kier molecular flexibility index (Phi) is 4.67. The first-order valence-electron chi connectivity index (χ1n) is 6.92. The highest BCUT2D eigenvalue weighted by Gasteiger charge is 2.32. The average molecular weight is 292 g/mol. The van der Waals surface area contributed by atoms with Crippen LogP contribution in [0.4, 0.5) is 0 Å². The van der Waals surface area contributed by atoms with Crippen LogP contribution in [-0.2, 0) is 16.1 Å². The molecule has 1 heterocycles. The van der Waals surface area contributed by atoms with Gasteiger partial charge in [0.15, 0.2) is 6.61 Å². The van der Waals surface area contributed by atoms with Gasteiger partial charge in [0.2, 0.25) is 5.91 Å². The summed E-state index contributed by atoms with van der Waals surface area (Å²) in [7, 11) is 3.14. The van der Waals surface area contributed by atoms with Crippen molar-refractivity contribution < 1.29 is 19.1 Å². The van der Waals surface area contributed by atoms with Gasteiger partial charge in [0.1, 0.15) is 17.5 Å². The molecule has 0 bridgehead atoms. The van der Waals surface area contributed by atoms with Crippen molar-refractivity contribution in [1.29, 1.82) is 0 Å². The summed E-state index contributed by atoms with van der Waals surface area (Å²) in [4.78, 5) is 25.8. The molecular formula is C15H20N2O4. The Morgan fingerprint density at radius 1 is 1.52 bits per heavy atom. The lowest BCUT2D eigenvalue weighted by Crippen LogP contribution is -2.48. The molecule has 0 radical (unpaired) electrons. The zero-order valence-electron chi connectivity index (χ0n) is 12.5. The smallest absolute Gasteiger partial charge is 0.261 e. The molecule has 0 aliphatic carbocycles. The molecule has 1 aromatic carbocycles. The number of hydrogen-bond donors (Lipinski definition) is 1. The third-order valence-corrected chi connectivity index (χ3v) is 3.62. The van der Waals surface area contributed by atoms with Gasteiger partial charge in [-0.05, 0) is 18.6 Å². The maximum atomic E-state index is 12.3. The molecule has 1 N–H and O–H groups in total. The van der Waals surface area contributed by atoms with Crippen molar-refractivity contribution in [3.05, 3.63) is 23.8 Å². The summed E-state index contributed by atoms with van der Waals surface area (Å²) in [5.74, 6) is 0.892. The van der Waals surface area contributed by atoms with Crippen LogP contribution < -0.4 is 14.8 Å². The largest absolute Gasteiger partial charge is 0.496 e. The number of amides is 2. The van der Waals surface area contributed by atoms with Crippen LogP contribution in [-0.4, -0.2) is 43.5 Å². The number of fused-ring (bicyclic) bond motifs is 1. The highest BCUT2D eigenvalue weighted by atomic mass is 16.5. The molecule has 1 aromatic rings. The third kappa shape index (κ3) is 2.94. The highest BCUT2D eigenvalue weighted by Crippen LogP contribution is 2.32. The number of nitrogens with zero attached hydrogens (tertiary/aromatic N) is 1. The van der Waals surface area contributed by atoms with Gasteiger partial charge in [-0.25, -0.2) is 0 Å². The predicted molar refractivity (Wildman–Crippen MR) is 77.2 cm³/mol. The van der Waals surface area contributed by atoms with E-state index < -0.39 is 6.04 Å². The van der Waals surface area contributed by atoms with E-state index in [4.69, 9.17) is 9.47 Å². The third-order valence-electron chi connectivity index (χ3n) is 3.62. The zero-order valence-corrected chi connectivity index (χ0v) is 12.5. The van der Waals surface area contributed by atoms with E-state index in [0.29, 0.717) is 24.5 Å². The minimum absolute atomic E-state index is 0.0757.